The molecule has 0 radical (unpaired) electrons. The maximum Gasteiger partial charge on any atom is 0.0447 e. The summed E-state index contributed by atoms with van der Waals surface area (Å²) in [5.74, 6) is 0.845. The molecule has 2 aliphatic rings. The molecule has 1 saturated carbocycles. The number of fused-ring (bicyclic) bond motifs is 1. The SMILES string of the molecule is C(=C/C1CCc2ccccc2N1)/C1CCCCC1. The molecule has 0 amide bonds. The summed E-state index contributed by atoms with van der Waals surface area (Å²) in [4.78, 5) is 0. The van der Waals surface area contributed by atoms with Gasteiger partial charge in [0.05, 0.1) is 0 Å². The lowest BCUT2D eigenvalue weighted by Gasteiger charge is -2.25. The Morgan fingerprint density at radius 2 is 1.78 bits per heavy atom. The summed E-state index contributed by atoms with van der Waals surface area (Å²) in [6.45, 7) is 0. The van der Waals surface area contributed by atoms with Crippen LogP contribution in [-0.2, 0) is 6.42 Å². The molecule has 1 fully saturated rings. The van der Waals surface area contributed by atoms with Gasteiger partial charge in [-0.1, -0.05) is 49.6 Å². The molecule has 1 heterocycles. The van der Waals surface area contributed by atoms with Crippen LogP contribution < -0.4 is 5.32 Å². The average Bonchev–Trinajstić information content (AvgIpc) is 2.46. The van der Waals surface area contributed by atoms with Crippen molar-refractivity contribution < 1.29 is 0 Å². The van der Waals surface area contributed by atoms with Crippen LogP contribution in [0.15, 0.2) is 36.4 Å². The second kappa shape index (κ2) is 5.60. The normalized spacial score (nSPS) is 24.8. The molecule has 1 aromatic carbocycles. The molecular formula is C17H23N. The van der Waals surface area contributed by atoms with Gasteiger partial charge in [0.25, 0.3) is 0 Å². The highest BCUT2D eigenvalue weighted by Gasteiger charge is 2.15. The zero-order valence-electron chi connectivity index (χ0n) is 11.1. The Morgan fingerprint density at radius 3 is 2.67 bits per heavy atom. The molecule has 1 unspecified atom stereocenters. The van der Waals surface area contributed by atoms with Gasteiger partial charge in [-0.15, -0.1) is 0 Å². The summed E-state index contributed by atoms with van der Waals surface area (Å²) in [6.07, 6.45) is 14.4. The van der Waals surface area contributed by atoms with Crippen LogP contribution in [0.25, 0.3) is 0 Å². The molecule has 96 valence electrons. The predicted octanol–water partition coefficient (Wildman–Crippen LogP) is 4.55. The molecule has 1 heteroatoms. The third-order valence-electron chi connectivity index (χ3n) is 4.35. The van der Waals surface area contributed by atoms with Gasteiger partial charge in [-0.25, -0.2) is 0 Å². The van der Waals surface area contributed by atoms with Crippen molar-refractivity contribution in [3.8, 4) is 0 Å². The first-order chi connectivity index (χ1) is 8.92. The van der Waals surface area contributed by atoms with Gasteiger partial charge in [-0.3, -0.25) is 0 Å². The number of aryl methyl sites for hydroxylation is 1. The predicted molar refractivity (Wildman–Crippen MR) is 77.9 cm³/mol. The standard InChI is InChI=1S/C17H23N/c1-2-6-14(7-3-1)10-12-16-13-11-15-8-4-5-9-17(15)18-16/h4-5,8-10,12,14,16,18H,1-3,6-7,11,13H2/b12-10-. The minimum Gasteiger partial charge on any atom is -0.379 e. The molecule has 1 aromatic rings. The van der Waals surface area contributed by atoms with Crippen molar-refractivity contribution in [2.75, 3.05) is 5.32 Å². The summed E-state index contributed by atoms with van der Waals surface area (Å²) in [5.41, 5.74) is 2.81. The maximum absolute atomic E-state index is 3.65. The minimum absolute atomic E-state index is 0.543. The van der Waals surface area contributed by atoms with E-state index in [1.54, 1.807) is 0 Å². The Morgan fingerprint density at radius 1 is 0.944 bits per heavy atom. The number of nitrogens with one attached hydrogen (secondary N) is 1. The van der Waals surface area contributed by atoms with Crippen LogP contribution in [0.4, 0.5) is 5.69 Å². The van der Waals surface area contributed by atoms with E-state index in [1.165, 1.54) is 56.2 Å². The third-order valence-corrected chi connectivity index (χ3v) is 4.35. The number of hydrogen-bond donors (Lipinski definition) is 1. The molecule has 1 nitrogen and oxygen atoms in total. The minimum atomic E-state index is 0.543. The molecule has 1 N–H and O–H groups in total. The molecule has 0 saturated heterocycles. The Balaban J connectivity index is 1.60. The highest BCUT2D eigenvalue weighted by molar-refractivity contribution is 5.54. The highest BCUT2D eigenvalue weighted by Crippen LogP contribution is 2.27. The summed E-state index contributed by atoms with van der Waals surface area (Å²) >= 11 is 0. The van der Waals surface area contributed by atoms with E-state index in [9.17, 15) is 0 Å². The molecule has 1 atom stereocenters. The lowest BCUT2D eigenvalue weighted by atomic mass is 9.88. The highest BCUT2D eigenvalue weighted by atomic mass is 14.9. The second-order valence-electron chi connectivity index (χ2n) is 5.73. The summed E-state index contributed by atoms with van der Waals surface area (Å²) in [7, 11) is 0. The molecule has 1 aliphatic carbocycles. The number of hydrogen-bond acceptors (Lipinski definition) is 1. The first kappa shape index (κ1) is 11.8. The Labute approximate surface area is 110 Å². The Hall–Kier alpha value is -1.24. The van der Waals surface area contributed by atoms with Crippen LogP contribution in [-0.4, -0.2) is 6.04 Å². The molecule has 0 bridgehead atoms. The topological polar surface area (TPSA) is 12.0 Å². The fourth-order valence-electron chi connectivity index (χ4n) is 3.22. The van der Waals surface area contributed by atoms with Crippen LogP contribution in [0.5, 0.6) is 0 Å². The smallest absolute Gasteiger partial charge is 0.0447 e. The second-order valence-corrected chi connectivity index (χ2v) is 5.73. The van der Waals surface area contributed by atoms with E-state index < -0.39 is 0 Å². The van der Waals surface area contributed by atoms with Crippen molar-refractivity contribution in [1.29, 1.82) is 0 Å². The number of para-hydroxylation sites is 1. The Bertz CT molecular complexity index is 415. The van der Waals surface area contributed by atoms with Gasteiger partial charge in [-0.05, 0) is 43.2 Å². The maximum atomic E-state index is 3.65. The quantitative estimate of drug-likeness (QED) is 0.749. The lowest BCUT2D eigenvalue weighted by Crippen LogP contribution is -2.23. The first-order valence-corrected chi connectivity index (χ1v) is 7.44. The summed E-state index contributed by atoms with van der Waals surface area (Å²) < 4.78 is 0. The number of rotatable bonds is 2. The van der Waals surface area contributed by atoms with Gasteiger partial charge in [0, 0.05) is 11.7 Å². The van der Waals surface area contributed by atoms with Crippen LogP contribution in [0.3, 0.4) is 0 Å². The van der Waals surface area contributed by atoms with Crippen molar-refractivity contribution in [1.82, 2.24) is 0 Å². The van der Waals surface area contributed by atoms with Gasteiger partial charge < -0.3 is 5.32 Å². The van der Waals surface area contributed by atoms with E-state index in [-0.39, 0.29) is 0 Å². The van der Waals surface area contributed by atoms with Crippen LogP contribution in [0.1, 0.15) is 44.1 Å². The van der Waals surface area contributed by atoms with Gasteiger partial charge in [0.2, 0.25) is 0 Å². The van der Waals surface area contributed by atoms with Gasteiger partial charge in [0.15, 0.2) is 0 Å². The van der Waals surface area contributed by atoms with Crippen LogP contribution in [0, 0.1) is 5.92 Å². The average molecular weight is 241 g/mol. The number of benzene rings is 1. The Kier molecular flexibility index (Phi) is 3.68. The van der Waals surface area contributed by atoms with E-state index in [0.29, 0.717) is 6.04 Å². The third kappa shape index (κ3) is 2.77. The van der Waals surface area contributed by atoms with Crippen molar-refractivity contribution in [3.05, 3.63) is 42.0 Å². The monoisotopic (exact) mass is 241 g/mol. The summed E-state index contributed by atoms with van der Waals surface area (Å²) in [5, 5.41) is 3.65. The molecule has 0 spiro atoms. The first-order valence-electron chi connectivity index (χ1n) is 7.44. The van der Waals surface area contributed by atoms with Gasteiger partial charge in [0.1, 0.15) is 0 Å². The van der Waals surface area contributed by atoms with Gasteiger partial charge >= 0.3 is 0 Å². The molecular weight excluding hydrogens is 218 g/mol. The van der Waals surface area contributed by atoms with Gasteiger partial charge in [-0.2, -0.15) is 0 Å². The van der Waals surface area contributed by atoms with E-state index in [4.69, 9.17) is 0 Å². The molecule has 0 aromatic heterocycles. The summed E-state index contributed by atoms with van der Waals surface area (Å²) in [6, 6.07) is 9.25. The van der Waals surface area contributed by atoms with Crippen molar-refractivity contribution >= 4 is 5.69 Å². The van der Waals surface area contributed by atoms with E-state index >= 15 is 0 Å². The van der Waals surface area contributed by atoms with Crippen LogP contribution >= 0.6 is 0 Å². The molecule has 18 heavy (non-hydrogen) atoms. The van der Waals surface area contributed by atoms with E-state index in [0.717, 1.165) is 5.92 Å². The van der Waals surface area contributed by atoms with E-state index in [1.807, 2.05) is 0 Å². The van der Waals surface area contributed by atoms with Crippen LogP contribution in [0.2, 0.25) is 0 Å². The fourth-order valence-corrected chi connectivity index (χ4v) is 3.22. The zero-order chi connectivity index (χ0) is 12.2. The zero-order valence-corrected chi connectivity index (χ0v) is 11.1. The number of allylic oxidation sites excluding steroid dienone is 1. The molecule has 1 aliphatic heterocycles. The molecule has 3 rings (SSSR count). The largest absolute Gasteiger partial charge is 0.379 e. The lowest BCUT2D eigenvalue weighted by molar-refractivity contribution is 0.418. The number of anilines is 1. The van der Waals surface area contributed by atoms with Crippen molar-refractivity contribution in [2.24, 2.45) is 5.92 Å². The van der Waals surface area contributed by atoms with Crippen molar-refractivity contribution in [3.63, 3.8) is 0 Å². The van der Waals surface area contributed by atoms with Crippen molar-refractivity contribution in [2.45, 2.75) is 51.0 Å². The van der Waals surface area contributed by atoms with E-state index in [2.05, 4.69) is 41.7 Å². The fraction of sp³-hybridized carbons (Fsp3) is 0.529.